The molecule has 0 unspecified atom stereocenters. The molecule has 1 heterocycles. The van der Waals surface area contributed by atoms with Crippen molar-refractivity contribution in [1.29, 1.82) is 0 Å². The Morgan fingerprint density at radius 3 is 2.52 bits per heavy atom. The zero-order valence-electron chi connectivity index (χ0n) is 12.4. The zero-order chi connectivity index (χ0) is 15.4. The third kappa shape index (κ3) is 3.62. The molecule has 1 N–H and O–H groups in total. The first-order valence-electron chi connectivity index (χ1n) is 6.92. The molecule has 0 aliphatic heterocycles. The molecule has 1 aromatic heterocycles. The van der Waals surface area contributed by atoms with E-state index in [1.807, 2.05) is 24.3 Å². The van der Waals surface area contributed by atoms with Gasteiger partial charge in [0, 0.05) is 11.1 Å². The van der Waals surface area contributed by atoms with Gasteiger partial charge in [0.25, 0.3) is 0 Å². The number of benzene rings is 1. The van der Waals surface area contributed by atoms with Gasteiger partial charge in [0.1, 0.15) is 5.75 Å². The van der Waals surface area contributed by atoms with Crippen LogP contribution in [-0.4, -0.2) is 22.8 Å². The first-order chi connectivity index (χ1) is 9.99. The average molecular weight is 289 g/mol. The number of rotatable bonds is 6. The fourth-order valence-electron chi connectivity index (χ4n) is 1.92. The minimum Gasteiger partial charge on any atom is -0.494 e. The molecular formula is C16H19NO4. The molecule has 5 nitrogen and oxygen atoms in total. The van der Waals surface area contributed by atoms with Crippen LogP contribution in [0.1, 0.15) is 36.3 Å². The van der Waals surface area contributed by atoms with Crippen molar-refractivity contribution in [3.63, 3.8) is 0 Å². The summed E-state index contributed by atoms with van der Waals surface area (Å²) >= 11 is 0. The highest BCUT2D eigenvalue weighted by molar-refractivity contribution is 5.88. The van der Waals surface area contributed by atoms with Gasteiger partial charge in [-0.3, -0.25) is 0 Å². The molecule has 1 aromatic carbocycles. The normalized spacial score (nSPS) is 10.9. The van der Waals surface area contributed by atoms with E-state index >= 15 is 0 Å². The van der Waals surface area contributed by atoms with Gasteiger partial charge in [0.2, 0.25) is 0 Å². The van der Waals surface area contributed by atoms with Crippen molar-refractivity contribution in [2.45, 2.75) is 27.2 Å². The predicted molar refractivity (Wildman–Crippen MR) is 78.6 cm³/mol. The number of carboxylic acid groups (broad SMARTS) is 1. The van der Waals surface area contributed by atoms with E-state index in [4.69, 9.17) is 14.4 Å². The Balaban J connectivity index is 2.10. The minimum atomic E-state index is -1.09. The third-order valence-electron chi connectivity index (χ3n) is 3.21. The van der Waals surface area contributed by atoms with Gasteiger partial charge in [-0.1, -0.05) is 19.0 Å². The van der Waals surface area contributed by atoms with Crippen molar-refractivity contribution < 1.29 is 19.2 Å². The summed E-state index contributed by atoms with van der Waals surface area (Å²) in [5.74, 6) is 0.780. The Morgan fingerprint density at radius 2 is 2.00 bits per heavy atom. The van der Waals surface area contributed by atoms with Gasteiger partial charge in [0.15, 0.2) is 11.5 Å². The fraction of sp³-hybridized carbons (Fsp3) is 0.375. The number of carboxylic acids is 1. The standard InChI is InChI=1S/C16H19NO4/c1-10(2)8-9-20-13-6-4-12(5-7-13)15-11(3)14(16(18)19)17-21-15/h4-7,10H,8-9H2,1-3H3,(H,18,19). The van der Waals surface area contributed by atoms with Crippen LogP contribution in [0.3, 0.4) is 0 Å². The van der Waals surface area contributed by atoms with Crippen LogP contribution in [0, 0.1) is 12.8 Å². The zero-order valence-corrected chi connectivity index (χ0v) is 12.4. The lowest BCUT2D eigenvalue weighted by Gasteiger charge is -2.08. The lowest BCUT2D eigenvalue weighted by Crippen LogP contribution is -2.01. The van der Waals surface area contributed by atoms with Crippen molar-refractivity contribution in [2.24, 2.45) is 5.92 Å². The second-order valence-corrected chi connectivity index (χ2v) is 5.35. The first-order valence-corrected chi connectivity index (χ1v) is 6.92. The molecule has 0 radical (unpaired) electrons. The molecule has 0 amide bonds. The summed E-state index contributed by atoms with van der Waals surface area (Å²) in [5, 5.41) is 12.5. The second-order valence-electron chi connectivity index (χ2n) is 5.35. The van der Waals surface area contributed by atoms with Crippen molar-refractivity contribution in [3.8, 4) is 17.1 Å². The Hall–Kier alpha value is -2.30. The van der Waals surface area contributed by atoms with Gasteiger partial charge in [-0.25, -0.2) is 4.79 Å². The minimum absolute atomic E-state index is 0.0535. The van der Waals surface area contributed by atoms with E-state index < -0.39 is 5.97 Å². The average Bonchev–Trinajstić information content (AvgIpc) is 2.81. The maximum atomic E-state index is 11.0. The molecule has 112 valence electrons. The highest BCUT2D eigenvalue weighted by Gasteiger charge is 2.18. The third-order valence-corrected chi connectivity index (χ3v) is 3.21. The summed E-state index contributed by atoms with van der Waals surface area (Å²) in [6.07, 6.45) is 1.00. The monoisotopic (exact) mass is 289 g/mol. The Kier molecular flexibility index (Phi) is 4.62. The summed E-state index contributed by atoms with van der Waals surface area (Å²) < 4.78 is 10.8. The summed E-state index contributed by atoms with van der Waals surface area (Å²) in [6.45, 7) is 6.67. The molecule has 2 aromatic rings. The smallest absolute Gasteiger partial charge is 0.358 e. The van der Waals surface area contributed by atoms with Crippen LogP contribution in [0.2, 0.25) is 0 Å². The fourth-order valence-corrected chi connectivity index (χ4v) is 1.92. The van der Waals surface area contributed by atoms with E-state index in [9.17, 15) is 4.79 Å². The first kappa shape index (κ1) is 15.1. The second kappa shape index (κ2) is 6.43. The highest BCUT2D eigenvalue weighted by Crippen LogP contribution is 2.27. The van der Waals surface area contributed by atoms with Crippen molar-refractivity contribution in [2.75, 3.05) is 6.61 Å². The number of aromatic carboxylic acids is 1. The van der Waals surface area contributed by atoms with Gasteiger partial charge >= 0.3 is 5.97 Å². The molecule has 0 saturated carbocycles. The maximum absolute atomic E-state index is 11.0. The van der Waals surface area contributed by atoms with E-state index in [-0.39, 0.29) is 5.69 Å². The van der Waals surface area contributed by atoms with Gasteiger partial charge in [-0.15, -0.1) is 0 Å². The van der Waals surface area contributed by atoms with Crippen molar-refractivity contribution in [3.05, 3.63) is 35.5 Å². The molecule has 0 aliphatic carbocycles. The quantitative estimate of drug-likeness (QED) is 0.876. The SMILES string of the molecule is Cc1c(C(=O)O)noc1-c1ccc(OCCC(C)C)cc1. The van der Waals surface area contributed by atoms with Crippen LogP contribution >= 0.6 is 0 Å². The topological polar surface area (TPSA) is 72.6 Å². The molecule has 0 atom stereocenters. The predicted octanol–water partition coefficient (Wildman–Crippen LogP) is 3.77. The van der Waals surface area contributed by atoms with Crippen LogP contribution in [0.15, 0.2) is 28.8 Å². The van der Waals surface area contributed by atoms with E-state index in [2.05, 4.69) is 19.0 Å². The molecule has 5 heteroatoms. The van der Waals surface area contributed by atoms with Gasteiger partial charge < -0.3 is 14.4 Å². The number of carbonyl (C=O) groups is 1. The van der Waals surface area contributed by atoms with E-state index in [0.29, 0.717) is 23.8 Å². The lowest BCUT2D eigenvalue weighted by atomic mass is 10.1. The van der Waals surface area contributed by atoms with E-state index in [1.165, 1.54) is 0 Å². The molecule has 0 fully saturated rings. The lowest BCUT2D eigenvalue weighted by molar-refractivity contribution is 0.0685. The van der Waals surface area contributed by atoms with Gasteiger partial charge in [-0.2, -0.15) is 0 Å². The number of ether oxygens (including phenoxy) is 1. The molecule has 0 spiro atoms. The highest BCUT2D eigenvalue weighted by atomic mass is 16.5. The Bertz CT molecular complexity index is 614. The number of hydrogen-bond donors (Lipinski definition) is 1. The molecular weight excluding hydrogens is 270 g/mol. The molecule has 2 rings (SSSR count). The van der Waals surface area contributed by atoms with Gasteiger partial charge in [0.05, 0.1) is 6.61 Å². The van der Waals surface area contributed by atoms with Crippen LogP contribution in [0.25, 0.3) is 11.3 Å². The summed E-state index contributed by atoms with van der Waals surface area (Å²) in [6, 6.07) is 7.36. The number of nitrogens with zero attached hydrogens (tertiary/aromatic N) is 1. The maximum Gasteiger partial charge on any atom is 0.358 e. The molecule has 0 aliphatic rings. The summed E-state index contributed by atoms with van der Waals surface area (Å²) in [4.78, 5) is 11.0. The molecule has 0 bridgehead atoms. The Morgan fingerprint density at radius 1 is 1.33 bits per heavy atom. The molecule has 21 heavy (non-hydrogen) atoms. The van der Waals surface area contributed by atoms with Crippen LogP contribution < -0.4 is 4.74 Å². The number of aromatic nitrogens is 1. The van der Waals surface area contributed by atoms with Gasteiger partial charge in [-0.05, 0) is 43.5 Å². The summed E-state index contributed by atoms with van der Waals surface area (Å²) in [7, 11) is 0. The molecule has 0 saturated heterocycles. The number of hydrogen-bond acceptors (Lipinski definition) is 4. The van der Waals surface area contributed by atoms with Crippen LogP contribution in [0.4, 0.5) is 0 Å². The summed E-state index contributed by atoms with van der Waals surface area (Å²) in [5.41, 5.74) is 1.25. The van der Waals surface area contributed by atoms with Crippen LogP contribution in [0.5, 0.6) is 5.75 Å². The largest absolute Gasteiger partial charge is 0.494 e. The van der Waals surface area contributed by atoms with Crippen LogP contribution in [-0.2, 0) is 0 Å². The van der Waals surface area contributed by atoms with E-state index in [0.717, 1.165) is 17.7 Å². The van der Waals surface area contributed by atoms with Crippen molar-refractivity contribution >= 4 is 5.97 Å². The van der Waals surface area contributed by atoms with Crippen molar-refractivity contribution in [1.82, 2.24) is 5.16 Å². The van der Waals surface area contributed by atoms with E-state index in [1.54, 1.807) is 6.92 Å². The Labute approximate surface area is 123 Å².